The second-order valence-corrected chi connectivity index (χ2v) is 5.48. The number of fused-ring (bicyclic) bond motifs is 1. The normalized spacial score (nSPS) is 14.4. The molecule has 8 heteroatoms. The number of hydrogen-bond donors (Lipinski definition) is 2. The fourth-order valence-electron chi connectivity index (χ4n) is 2.38. The van der Waals surface area contributed by atoms with E-state index in [9.17, 15) is 13.2 Å². The lowest BCUT2D eigenvalue weighted by molar-refractivity contribution is -0.137. The fourth-order valence-corrected chi connectivity index (χ4v) is 2.61. The summed E-state index contributed by atoms with van der Waals surface area (Å²) in [6.07, 6.45) is -4.47. The molecule has 1 aliphatic rings. The van der Waals surface area contributed by atoms with E-state index in [2.05, 4.69) is 15.4 Å². The van der Waals surface area contributed by atoms with Crippen molar-refractivity contribution in [2.75, 3.05) is 6.54 Å². The Bertz CT molecular complexity index is 843. The van der Waals surface area contributed by atoms with Gasteiger partial charge in [0, 0.05) is 16.1 Å². The number of nitrogens with two attached hydrogens (primary N) is 1. The van der Waals surface area contributed by atoms with Gasteiger partial charge in [0.1, 0.15) is 5.84 Å². The summed E-state index contributed by atoms with van der Waals surface area (Å²) in [6.45, 7) is 0.104. The smallest absolute Gasteiger partial charge is 0.310 e. The van der Waals surface area contributed by atoms with Gasteiger partial charge in [-0.3, -0.25) is 4.99 Å². The van der Waals surface area contributed by atoms with Crippen molar-refractivity contribution in [2.45, 2.75) is 6.18 Å². The van der Waals surface area contributed by atoms with Gasteiger partial charge in [-0.15, -0.1) is 0 Å². The largest absolute Gasteiger partial charge is 0.416 e. The molecule has 0 saturated heterocycles. The molecule has 1 aliphatic heterocycles. The molecular formula is C16H12ClF3N4. The van der Waals surface area contributed by atoms with Crippen molar-refractivity contribution in [2.24, 2.45) is 15.8 Å². The van der Waals surface area contributed by atoms with Crippen molar-refractivity contribution in [1.82, 2.24) is 5.43 Å². The highest BCUT2D eigenvalue weighted by atomic mass is 35.5. The van der Waals surface area contributed by atoms with Gasteiger partial charge in [0.05, 0.1) is 23.5 Å². The van der Waals surface area contributed by atoms with Crippen LogP contribution < -0.4 is 11.3 Å². The topological polar surface area (TPSA) is 62.8 Å². The Labute approximate surface area is 140 Å². The monoisotopic (exact) mass is 352 g/mol. The average molecular weight is 353 g/mol. The number of alkyl halides is 3. The first-order chi connectivity index (χ1) is 11.4. The molecule has 0 saturated carbocycles. The maximum Gasteiger partial charge on any atom is 0.416 e. The van der Waals surface area contributed by atoms with Gasteiger partial charge >= 0.3 is 6.18 Å². The Kier molecular flexibility index (Phi) is 4.29. The average Bonchev–Trinajstić information content (AvgIpc) is 2.73. The van der Waals surface area contributed by atoms with Gasteiger partial charge in [-0.05, 0) is 24.3 Å². The summed E-state index contributed by atoms with van der Waals surface area (Å²) in [5, 5.41) is 0.392. The second kappa shape index (κ2) is 6.26. The van der Waals surface area contributed by atoms with Crippen molar-refractivity contribution in [3.05, 3.63) is 64.2 Å². The first kappa shape index (κ1) is 16.5. The van der Waals surface area contributed by atoms with E-state index in [1.807, 2.05) is 0 Å². The highest BCUT2D eigenvalue weighted by Crippen LogP contribution is 2.35. The Morgan fingerprint density at radius 1 is 1.08 bits per heavy atom. The molecule has 24 heavy (non-hydrogen) atoms. The zero-order valence-corrected chi connectivity index (χ0v) is 13.0. The summed E-state index contributed by atoms with van der Waals surface area (Å²) in [7, 11) is 0. The molecule has 0 bridgehead atoms. The predicted octanol–water partition coefficient (Wildman–Crippen LogP) is 3.70. The van der Waals surface area contributed by atoms with E-state index in [4.69, 9.17) is 17.4 Å². The van der Waals surface area contributed by atoms with Crippen LogP contribution in [0.3, 0.4) is 0 Å². The second-order valence-electron chi connectivity index (χ2n) is 5.08. The highest BCUT2D eigenvalue weighted by molar-refractivity contribution is 6.36. The quantitative estimate of drug-likeness (QED) is 0.607. The number of nitrogens with zero attached hydrogens (tertiary/aromatic N) is 2. The third-order valence-corrected chi connectivity index (χ3v) is 3.85. The summed E-state index contributed by atoms with van der Waals surface area (Å²) in [6, 6.07) is 10.1. The lowest BCUT2D eigenvalue weighted by Crippen LogP contribution is -2.32. The van der Waals surface area contributed by atoms with Crippen LogP contribution in [0.5, 0.6) is 0 Å². The number of aliphatic imine (C=N–C) groups is 2. The van der Waals surface area contributed by atoms with Gasteiger partial charge in [0.2, 0.25) is 0 Å². The van der Waals surface area contributed by atoms with Gasteiger partial charge < -0.3 is 5.43 Å². The first-order valence-electron chi connectivity index (χ1n) is 6.95. The Balaban J connectivity index is 2.24. The first-order valence-corrected chi connectivity index (χ1v) is 7.33. The van der Waals surface area contributed by atoms with Gasteiger partial charge in [0.25, 0.3) is 0 Å². The molecule has 0 aromatic heterocycles. The molecule has 3 N–H and O–H groups in total. The molecule has 2 aromatic rings. The van der Waals surface area contributed by atoms with Crippen molar-refractivity contribution in [1.29, 1.82) is 0 Å². The number of hydrogen-bond acceptors (Lipinski definition) is 4. The molecule has 0 radical (unpaired) electrons. The van der Waals surface area contributed by atoms with Gasteiger partial charge in [-0.25, -0.2) is 10.8 Å². The molecule has 0 spiro atoms. The van der Waals surface area contributed by atoms with Crippen molar-refractivity contribution in [3.8, 4) is 0 Å². The number of benzene rings is 2. The molecule has 0 atom stereocenters. The van der Waals surface area contributed by atoms with Crippen LogP contribution in [0.4, 0.5) is 18.9 Å². The van der Waals surface area contributed by atoms with Crippen LogP contribution in [-0.2, 0) is 6.18 Å². The molecule has 2 aromatic carbocycles. The maximum atomic E-state index is 13.1. The van der Waals surface area contributed by atoms with E-state index >= 15 is 0 Å². The minimum atomic E-state index is -4.47. The summed E-state index contributed by atoms with van der Waals surface area (Å²) in [4.78, 5) is 8.60. The van der Waals surface area contributed by atoms with E-state index in [-0.39, 0.29) is 12.1 Å². The minimum Gasteiger partial charge on any atom is -0.310 e. The molecule has 0 fully saturated rings. The van der Waals surface area contributed by atoms with Crippen LogP contribution in [0.2, 0.25) is 5.02 Å². The van der Waals surface area contributed by atoms with E-state index in [1.165, 1.54) is 6.07 Å². The van der Waals surface area contributed by atoms with Crippen molar-refractivity contribution in [3.63, 3.8) is 0 Å². The third-order valence-electron chi connectivity index (χ3n) is 3.52. The van der Waals surface area contributed by atoms with Crippen LogP contribution in [0.15, 0.2) is 52.4 Å². The molecule has 3 rings (SSSR count). The van der Waals surface area contributed by atoms with E-state index in [0.717, 1.165) is 12.1 Å². The standard InChI is InChI=1S/C16H12ClF3N4/c17-12-4-2-1-3-10(12)15-11-7-9(16(18,19)20)5-6-13(11)23-14(24-21)8-22-15/h1-7H,8,21H2,(H,23,24). The van der Waals surface area contributed by atoms with E-state index in [1.54, 1.807) is 24.3 Å². The van der Waals surface area contributed by atoms with Crippen LogP contribution in [0.1, 0.15) is 16.7 Å². The van der Waals surface area contributed by atoms with Crippen LogP contribution >= 0.6 is 11.6 Å². The highest BCUT2D eigenvalue weighted by Gasteiger charge is 2.32. The summed E-state index contributed by atoms with van der Waals surface area (Å²) in [5.74, 6) is 5.73. The maximum absolute atomic E-state index is 13.1. The summed E-state index contributed by atoms with van der Waals surface area (Å²) in [5.41, 5.74) is 3.10. The summed E-state index contributed by atoms with van der Waals surface area (Å²) >= 11 is 6.20. The Morgan fingerprint density at radius 2 is 1.83 bits per heavy atom. The number of amidine groups is 1. The van der Waals surface area contributed by atoms with Gasteiger partial charge in [0.15, 0.2) is 0 Å². The fraction of sp³-hybridized carbons (Fsp3) is 0.125. The zero-order valence-electron chi connectivity index (χ0n) is 12.2. The number of nitrogens with one attached hydrogen (secondary N) is 1. The lowest BCUT2D eigenvalue weighted by atomic mass is 9.98. The molecule has 1 heterocycles. The molecule has 124 valence electrons. The molecule has 0 aliphatic carbocycles. The predicted molar refractivity (Wildman–Crippen MR) is 87.8 cm³/mol. The number of rotatable bonds is 1. The molecule has 4 nitrogen and oxygen atoms in total. The van der Waals surface area contributed by atoms with Crippen LogP contribution in [0, 0.1) is 0 Å². The van der Waals surface area contributed by atoms with Gasteiger partial charge in [-0.2, -0.15) is 13.2 Å². The van der Waals surface area contributed by atoms with Crippen LogP contribution in [-0.4, -0.2) is 18.1 Å². The van der Waals surface area contributed by atoms with E-state index < -0.39 is 11.7 Å². The molecule has 0 unspecified atom stereocenters. The van der Waals surface area contributed by atoms with Gasteiger partial charge in [-0.1, -0.05) is 29.8 Å². The zero-order chi connectivity index (χ0) is 17.3. The SMILES string of the molecule is NNC1=Nc2ccc(C(F)(F)F)cc2C(c2ccccc2Cl)=NC1. The van der Waals surface area contributed by atoms with Crippen molar-refractivity contribution < 1.29 is 13.2 Å². The Morgan fingerprint density at radius 3 is 2.50 bits per heavy atom. The van der Waals surface area contributed by atoms with Crippen LogP contribution in [0.25, 0.3) is 0 Å². The Hall–Kier alpha value is -2.38. The van der Waals surface area contributed by atoms with E-state index in [0.29, 0.717) is 27.8 Å². The molecule has 0 amide bonds. The number of hydrazine groups is 1. The number of halogens is 4. The minimum absolute atomic E-state index is 0.104. The molecular weight excluding hydrogens is 341 g/mol. The lowest BCUT2D eigenvalue weighted by Gasteiger charge is -2.13. The summed E-state index contributed by atoms with van der Waals surface area (Å²) < 4.78 is 39.2. The third kappa shape index (κ3) is 3.13. The van der Waals surface area contributed by atoms with Crippen molar-refractivity contribution >= 4 is 28.8 Å².